The highest BCUT2D eigenvalue weighted by Crippen LogP contribution is 2.48. The number of allylic oxidation sites excluding steroid dienone is 3. The molecule has 4 nitrogen and oxygen atoms in total. The molecule has 1 aromatic carbocycles. The number of ketones is 1. The third-order valence-electron chi connectivity index (χ3n) is 5.71. The van der Waals surface area contributed by atoms with Crippen LogP contribution < -0.4 is 10.6 Å². The van der Waals surface area contributed by atoms with E-state index in [-0.39, 0.29) is 11.7 Å². The molecular formula is C23H22ClN3OS. The molecule has 1 aliphatic heterocycles. The average Bonchev–Trinajstić information content (AvgIpc) is 3.19. The van der Waals surface area contributed by atoms with E-state index in [4.69, 9.17) is 17.3 Å². The van der Waals surface area contributed by atoms with E-state index in [1.54, 1.807) is 11.3 Å². The molecule has 0 unspecified atom stereocenters. The zero-order chi connectivity index (χ0) is 20.7. The molecule has 0 bridgehead atoms. The van der Waals surface area contributed by atoms with Crippen molar-refractivity contribution < 1.29 is 4.79 Å². The maximum absolute atomic E-state index is 13.1. The highest BCUT2D eigenvalue weighted by Gasteiger charge is 2.41. The summed E-state index contributed by atoms with van der Waals surface area (Å²) in [5.74, 6) is 0.110. The highest BCUT2D eigenvalue weighted by atomic mass is 35.5. The second kappa shape index (κ2) is 7.70. The standard InChI is InChI=1S/C23H22ClN3OS/c1-3-14-10-11-20(29-14)21-15(12-25)23(26)27(17-7-4-6-16(24)13(17)2)18-8-5-9-19(28)22(18)21/h4,6-7,10-11,21H,3,5,8-9,26H2,1-2H3/t21-/m0/s1. The average molecular weight is 424 g/mol. The predicted octanol–water partition coefficient (Wildman–Crippen LogP) is 5.58. The topological polar surface area (TPSA) is 70.1 Å². The Labute approximate surface area is 179 Å². The smallest absolute Gasteiger partial charge is 0.161 e. The van der Waals surface area contributed by atoms with Crippen LogP contribution in [-0.4, -0.2) is 5.78 Å². The number of nitriles is 1. The van der Waals surface area contributed by atoms with Crippen molar-refractivity contribution in [1.29, 1.82) is 5.26 Å². The van der Waals surface area contributed by atoms with Gasteiger partial charge in [0.05, 0.1) is 23.2 Å². The summed E-state index contributed by atoms with van der Waals surface area (Å²) in [5.41, 5.74) is 10.4. The quantitative estimate of drug-likeness (QED) is 0.699. The van der Waals surface area contributed by atoms with Gasteiger partial charge in [0.15, 0.2) is 5.78 Å². The van der Waals surface area contributed by atoms with Crippen LogP contribution >= 0.6 is 22.9 Å². The first-order chi connectivity index (χ1) is 14.0. The molecule has 148 valence electrons. The lowest BCUT2D eigenvalue weighted by molar-refractivity contribution is -0.116. The first-order valence-corrected chi connectivity index (χ1v) is 11.0. The molecule has 1 aromatic heterocycles. The lowest BCUT2D eigenvalue weighted by atomic mass is 9.78. The van der Waals surface area contributed by atoms with E-state index in [0.29, 0.717) is 28.4 Å². The number of benzene rings is 1. The zero-order valence-electron chi connectivity index (χ0n) is 16.5. The molecule has 4 rings (SSSR count). The van der Waals surface area contributed by atoms with Gasteiger partial charge in [-0.05, 0) is 56.0 Å². The minimum absolute atomic E-state index is 0.104. The molecule has 0 fully saturated rings. The van der Waals surface area contributed by atoms with Gasteiger partial charge in [0, 0.05) is 32.5 Å². The Bertz CT molecular complexity index is 1110. The largest absolute Gasteiger partial charge is 0.384 e. The summed E-state index contributed by atoms with van der Waals surface area (Å²) in [6.45, 7) is 4.03. The Balaban J connectivity index is 1.98. The third kappa shape index (κ3) is 3.17. The van der Waals surface area contributed by atoms with Crippen molar-refractivity contribution >= 4 is 34.4 Å². The van der Waals surface area contributed by atoms with Gasteiger partial charge in [0.1, 0.15) is 5.82 Å². The van der Waals surface area contributed by atoms with Gasteiger partial charge in [-0.25, -0.2) is 0 Å². The number of hydrogen-bond donors (Lipinski definition) is 1. The molecule has 29 heavy (non-hydrogen) atoms. The first-order valence-electron chi connectivity index (χ1n) is 9.77. The van der Waals surface area contributed by atoms with Crippen molar-refractivity contribution in [3.8, 4) is 6.07 Å². The number of rotatable bonds is 3. The molecule has 6 heteroatoms. The number of nitrogens with zero attached hydrogens (tertiary/aromatic N) is 2. The van der Waals surface area contributed by atoms with Gasteiger partial charge in [-0.1, -0.05) is 24.6 Å². The van der Waals surface area contributed by atoms with E-state index in [2.05, 4.69) is 19.1 Å². The van der Waals surface area contributed by atoms with Crippen molar-refractivity contribution in [1.82, 2.24) is 0 Å². The van der Waals surface area contributed by atoms with Crippen LogP contribution in [0.15, 0.2) is 53.0 Å². The van der Waals surface area contributed by atoms with E-state index in [1.807, 2.05) is 36.1 Å². The molecule has 0 saturated carbocycles. The summed E-state index contributed by atoms with van der Waals surface area (Å²) in [7, 11) is 0. The van der Waals surface area contributed by atoms with E-state index in [0.717, 1.165) is 41.1 Å². The number of hydrogen-bond acceptors (Lipinski definition) is 5. The van der Waals surface area contributed by atoms with E-state index >= 15 is 0 Å². The van der Waals surface area contributed by atoms with Crippen molar-refractivity contribution in [3.05, 3.63) is 73.3 Å². The van der Waals surface area contributed by atoms with E-state index in [9.17, 15) is 10.1 Å². The number of Topliss-reactive ketones (excluding diaryl/α,β-unsaturated/α-hetero) is 1. The first kappa shape index (κ1) is 19.8. The van der Waals surface area contributed by atoms with Crippen LogP contribution in [0, 0.1) is 18.3 Å². The molecule has 2 heterocycles. The van der Waals surface area contributed by atoms with Crippen molar-refractivity contribution in [2.45, 2.75) is 45.4 Å². The second-order valence-corrected chi connectivity index (χ2v) is 8.96. The fourth-order valence-electron chi connectivity index (χ4n) is 4.22. The fourth-order valence-corrected chi connectivity index (χ4v) is 5.47. The van der Waals surface area contributed by atoms with Crippen molar-refractivity contribution in [2.75, 3.05) is 4.90 Å². The van der Waals surface area contributed by atoms with Gasteiger partial charge >= 0.3 is 0 Å². The molecule has 0 saturated heterocycles. The van der Waals surface area contributed by atoms with Gasteiger partial charge in [0.2, 0.25) is 0 Å². The van der Waals surface area contributed by atoms with Crippen LogP contribution in [0.1, 0.15) is 47.4 Å². The molecule has 0 amide bonds. The number of halogens is 1. The summed E-state index contributed by atoms with van der Waals surface area (Å²) in [6.07, 6.45) is 2.95. The molecule has 1 atom stereocenters. The fraction of sp³-hybridized carbons (Fsp3) is 0.304. The number of thiophene rings is 1. The van der Waals surface area contributed by atoms with Crippen LogP contribution in [-0.2, 0) is 11.2 Å². The second-order valence-electron chi connectivity index (χ2n) is 7.36. The molecule has 2 N–H and O–H groups in total. The lowest BCUT2D eigenvalue weighted by Gasteiger charge is -2.40. The summed E-state index contributed by atoms with van der Waals surface area (Å²) >= 11 is 8.02. The number of carbonyl (C=O) groups is 1. The van der Waals surface area contributed by atoms with Crippen LogP contribution in [0.3, 0.4) is 0 Å². The van der Waals surface area contributed by atoms with Crippen LogP contribution in [0.25, 0.3) is 0 Å². The predicted molar refractivity (Wildman–Crippen MR) is 118 cm³/mol. The minimum atomic E-state index is -0.385. The monoisotopic (exact) mass is 423 g/mol. The number of carbonyl (C=O) groups excluding carboxylic acids is 1. The molecule has 1 aliphatic carbocycles. The maximum atomic E-state index is 13.1. The number of anilines is 1. The summed E-state index contributed by atoms with van der Waals surface area (Å²) in [6, 6.07) is 12.1. The molecule has 2 aliphatic rings. The Morgan fingerprint density at radius 2 is 2.10 bits per heavy atom. The van der Waals surface area contributed by atoms with Crippen molar-refractivity contribution in [3.63, 3.8) is 0 Å². The minimum Gasteiger partial charge on any atom is -0.384 e. The van der Waals surface area contributed by atoms with Crippen molar-refractivity contribution in [2.24, 2.45) is 5.73 Å². The SMILES string of the molecule is CCc1ccc([C@@H]2C(C#N)=C(N)N(c3cccc(Cl)c3C)C3=C2C(=O)CCC3)s1. The summed E-state index contributed by atoms with van der Waals surface area (Å²) in [4.78, 5) is 17.2. The Morgan fingerprint density at radius 1 is 1.31 bits per heavy atom. The maximum Gasteiger partial charge on any atom is 0.161 e. The lowest BCUT2D eigenvalue weighted by Crippen LogP contribution is -2.38. The van der Waals surface area contributed by atoms with Gasteiger partial charge in [-0.15, -0.1) is 11.3 Å². The third-order valence-corrected chi connectivity index (χ3v) is 7.41. The Kier molecular flexibility index (Phi) is 5.24. The van der Waals surface area contributed by atoms with Crippen LogP contribution in [0.2, 0.25) is 5.02 Å². The highest BCUT2D eigenvalue weighted by molar-refractivity contribution is 7.12. The molecular weight excluding hydrogens is 402 g/mol. The van der Waals surface area contributed by atoms with Crippen LogP contribution in [0.5, 0.6) is 0 Å². The van der Waals surface area contributed by atoms with Gasteiger partial charge < -0.3 is 5.73 Å². The van der Waals surface area contributed by atoms with E-state index in [1.165, 1.54) is 4.88 Å². The van der Waals surface area contributed by atoms with Crippen LogP contribution in [0.4, 0.5) is 5.69 Å². The summed E-state index contributed by atoms with van der Waals surface area (Å²) in [5, 5.41) is 10.7. The van der Waals surface area contributed by atoms with Gasteiger partial charge in [0.25, 0.3) is 0 Å². The number of aryl methyl sites for hydroxylation is 1. The van der Waals surface area contributed by atoms with Gasteiger partial charge in [-0.2, -0.15) is 5.26 Å². The molecule has 0 spiro atoms. The van der Waals surface area contributed by atoms with Gasteiger partial charge in [-0.3, -0.25) is 9.69 Å². The zero-order valence-corrected chi connectivity index (χ0v) is 18.0. The normalized spacial score (nSPS) is 19.4. The van der Waals surface area contributed by atoms with E-state index < -0.39 is 0 Å². The Morgan fingerprint density at radius 3 is 2.79 bits per heavy atom. The number of nitrogens with two attached hydrogens (primary N) is 1. The molecule has 0 radical (unpaired) electrons. The Hall–Kier alpha value is -2.55. The summed E-state index contributed by atoms with van der Waals surface area (Å²) < 4.78 is 0. The molecule has 2 aromatic rings.